The van der Waals surface area contributed by atoms with Crippen molar-refractivity contribution in [1.29, 1.82) is 0 Å². The second-order valence-electron chi connectivity index (χ2n) is 8.49. The molecule has 11 heteroatoms. The monoisotopic (exact) mass is 457 g/mol. The average molecular weight is 458 g/mol. The largest absolute Gasteiger partial charge is 0.489 e. The molecule has 2 aromatic rings. The Kier molecular flexibility index (Phi) is 5.35. The Morgan fingerprint density at radius 3 is 2.68 bits per heavy atom. The van der Waals surface area contributed by atoms with Crippen LogP contribution in [0.15, 0.2) is 24.4 Å². The number of alkyl halides is 2. The van der Waals surface area contributed by atoms with E-state index in [9.17, 15) is 23.8 Å². The fourth-order valence-electron chi connectivity index (χ4n) is 4.24. The molecular weight excluding hydrogens is 436 g/mol. The highest BCUT2D eigenvalue weighted by Gasteiger charge is 2.55. The van der Waals surface area contributed by atoms with Crippen molar-refractivity contribution in [2.75, 3.05) is 11.9 Å². The van der Waals surface area contributed by atoms with Gasteiger partial charge >= 0.3 is 6.61 Å². The number of aliphatic hydroxyl groups excluding tert-OH is 2. The first-order valence-electron chi connectivity index (χ1n) is 9.67. The number of amides is 1. The summed E-state index contributed by atoms with van der Waals surface area (Å²) in [6.45, 7) is 1.12. The van der Waals surface area contributed by atoms with E-state index in [4.69, 9.17) is 16.3 Å². The van der Waals surface area contributed by atoms with Gasteiger partial charge in [0.1, 0.15) is 5.54 Å². The Bertz CT molecular complexity index is 1000. The van der Waals surface area contributed by atoms with Crippen molar-refractivity contribution in [2.45, 2.75) is 56.5 Å². The number of halogens is 3. The number of carbonyl (C=O) groups excluding carboxylic acids is 1. The SMILES string of the molecule is CC1(C)COc2cnn(C3(C(=O)Nc4ccc(Cl)cc4OC(F)F)CC(O)C(O)C3)c21. The highest BCUT2D eigenvalue weighted by Crippen LogP contribution is 2.46. The van der Waals surface area contributed by atoms with E-state index >= 15 is 0 Å². The minimum atomic E-state index is -3.12. The van der Waals surface area contributed by atoms with Gasteiger partial charge in [-0.2, -0.15) is 13.9 Å². The molecule has 0 radical (unpaired) electrons. The normalized spacial score (nSPS) is 26.6. The van der Waals surface area contributed by atoms with Crippen LogP contribution < -0.4 is 14.8 Å². The predicted octanol–water partition coefficient (Wildman–Crippen LogP) is 2.66. The van der Waals surface area contributed by atoms with E-state index in [1.807, 2.05) is 13.8 Å². The Morgan fingerprint density at radius 2 is 2.03 bits per heavy atom. The van der Waals surface area contributed by atoms with Gasteiger partial charge in [-0.3, -0.25) is 4.79 Å². The Labute approximate surface area is 181 Å². The highest BCUT2D eigenvalue weighted by atomic mass is 35.5. The lowest BCUT2D eigenvalue weighted by Gasteiger charge is -2.32. The predicted molar refractivity (Wildman–Crippen MR) is 107 cm³/mol. The lowest BCUT2D eigenvalue weighted by Crippen LogP contribution is -2.47. The third-order valence-corrected chi connectivity index (χ3v) is 5.97. The van der Waals surface area contributed by atoms with Crippen molar-refractivity contribution in [3.63, 3.8) is 0 Å². The number of hydrogen-bond acceptors (Lipinski definition) is 6. The molecule has 168 valence electrons. The van der Waals surface area contributed by atoms with E-state index in [0.717, 1.165) is 6.07 Å². The summed E-state index contributed by atoms with van der Waals surface area (Å²) in [6, 6.07) is 3.92. The highest BCUT2D eigenvalue weighted by molar-refractivity contribution is 6.30. The van der Waals surface area contributed by atoms with Crippen LogP contribution in [-0.4, -0.2) is 51.3 Å². The number of benzene rings is 1. The van der Waals surface area contributed by atoms with Crippen LogP contribution in [0.4, 0.5) is 14.5 Å². The second-order valence-corrected chi connectivity index (χ2v) is 8.93. The van der Waals surface area contributed by atoms with E-state index in [-0.39, 0.29) is 29.3 Å². The maximum atomic E-state index is 13.5. The molecule has 0 saturated heterocycles. The van der Waals surface area contributed by atoms with Gasteiger partial charge in [0.2, 0.25) is 0 Å². The van der Waals surface area contributed by atoms with Gasteiger partial charge in [-0.05, 0) is 12.1 Å². The van der Waals surface area contributed by atoms with Gasteiger partial charge in [-0.1, -0.05) is 25.4 Å². The van der Waals surface area contributed by atoms with Crippen molar-refractivity contribution in [1.82, 2.24) is 9.78 Å². The Hall–Kier alpha value is -2.43. The number of nitrogens with one attached hydrogen (secondary N) is 1. The zero-order valence-corrected chi connectivity index (χ0v) is 17.6. The molecule has 2 heterocycles. The van der Waals surface area contributed by atoms with Crippen molar-refractivity contribution in [3.8, 4) is 11.5 Å². The van der Waals surface area contributed by atoms with Gasteiger partial charge in [-0.15, -0.1) is 0 Å². The molecule has 0 spiro atoms. The first-order chi connectivity index (χ1) is 14.5. The summed E-state index contributed by atoms with van der Waals surface area (Å²) in [6.07, 6.45) is -1.09. The fourth-order valence-corrected chi connectivity index (χ4v) is 4.41. The molecule has 1 aromatic carbocycles. The van der Waals surface area contributed by atoms with Gasteiger partial charge in [0.05, 0.1) is 36.4 Å². The van der Waals surface area contributed by atoms with Crippen LogP contribution in [0.1, 0.15) is 32.4 Å². The summed E-state index contributed by atoms with van der Waals surface area (Å²) in [5.74, 6) is -0.432. The van der Waals surface area contributed by atoms with Crippen LogP contribution in [0, 0.1) is 0 Å². The first kappa shape index (κ1) is 21.8. The van der Waals surface area contributed by atoms with E-state index in [1.54, 1.807) is 0 Å². The smallest absolute Gasteiger partial charge is 0.387 e. The number of nitrogens with zero attached hydrogens (tertiary/aromatic N) is 2. The number of hydrogen-bond donors (Lipinski definition) is 3. The Balaban J connectivity index is 1.76. The van der Waals surface area contributed by atoms with Gasteiger partial charge < -0.3 is 25.0 Å². The summed E-state index contributed by atoms with van der Waals surface area (Å²) in [5, 5.41) is 27.7. The summed E-state index contributed by atoms with van der Waals surface area (Å²) >= 11 is 5.87. The van der Waals surface area contributed by atoms with Crippen LogP contribution in [-0.2, 0) is 15.7 Å². The number of fused-ring (bicyclic) bond motifs is 1. The molecule has 31 heavy (non-hydrogen) atoms. The molecule has 4 rings (SSSR count). The van der Waals surface area contributed by atoms with Crippen LogP contribution >= 0.6 is 11.6 Å². The van der Waals surface area contributed by atoms with E-state index in [0.29, 0.717) is 18.1 Å². The molecule has 1 aromatic heterocycles. The van der Waals surface area contributed by atoms with Gasteiger partial charge in [-0.25, -0.2) is 4.68 Å². The third-order valence-electron chi connectivity index (χ3n) is 5.74. The second kappa shape index (κ2) is 7.61. The molecule has 2 unspecified atom stereocenters. The van der Waals surface area contributed by atoms with Gasteiger partial charge in [0.15, 0.2) is 11.5 Å². The minimum Gasteiger partial charge on any atom is -0.489 e. The number of rotatable bonds is 5. The summed E-state index contributed by atoms with van der Waals surface area (Å²) in [5.41, 5.74) is -1.31. The molecule has 1 fully saturated rings. The van der Waals surface area contributed by atoms with E-state index in [1.165, 1.54) is 23.0 Å². The molecular formula is C20H22ClF2N3O5. The molecule has 1 aliphatic heterocycles. The van der Waals surface area contributed by atoms with Crippen LogP contribution in [0.2, 0.25) is 5.02 Å². The van der Waals surface area contributed by atoms with Crippen molar-refractivity contribution in [2.24, 2.45) is 0 Å². The molecule has 1 aliphatic carbocycles. The molecule has 2 aliphatic rings. The van der Waals surface area contributed by atoms with Crippen molar-refractivity contribution >= 4 is 23.2 Å². The molecule has 8 nitrogen and oxygen atoms in total. The maximum absolute atomic E-state index is 13.5. The average Bonchev–Trinajstić information content (AvgIpc) is 3.32. The number of ether oxygens (including phenoxy) is 2. The van der Waals surface area contributed by atoms with Crippen molar-refractivity contribution < 1.29 is 33.3 Å². The van der Waals surface area contributed by atoms with Gasteiger partial charge in [0, 0.05) is 29.3 Å². The third kappa shape index (κ3) is 3.72. The summed E-state index contributed by atoms with van der Waals surface area (Å²) in [4.78, 5) is 13.5. The van der Waals surface area contributed by atoms with Crippen LogP contribution in [0.5, 0.6) is 11.5 Å². The lowest BCUT2D eigenvalue weighted by atomic mass is 9.88. The summed E-state index contributed by atoms with van der Waals surface area (Å²) < 4.78 is 37.3. The molecule has 1 saturated carbocycles. The minimum absolute atomic E-state index is 0.0238. The van der Waals surface area contributed by atoms with E-state index in [2.05, 4.69) is 15.2 Å². The zero-order valence-electron chi connectivity index (χ0n) is 16.8. The number of aromatic nitrogens is 2. The quantitative estimate of drug-likeness (QED) is 0.637. The van der Waals surface area contributed by atoms with Gasteiger partial charge in [0.25, 0.3) is 5.91 Å². The number of carbonyl (C=O) groups is 1. The number of aliphatic hydroxyl groups is 2. The molecule has 1 amide bonds. The van der Waals surface area contributed by atoms with Crippen molar-refractivity contribution in [3.05, 3.63) is 35.1 Å². The van der Waals surface area contributed by atoms with Crippen LogP contribution in [0.25, 0.3) is 0 Å². The molecule has 3 N–H and O–H groups in total. The molecule has 0 bridgehead atoms. The summed E-state index contributed by atoms with van der Waals surface area (Å²) in [7, 11) is 0. The topological polar surface area (TPSA) is 106 Å². The molecule has 2 atom stereocenters. The Morgan fingerprint density at radius 1 is 1.35 bits per heavy atom. The maximum Gasteiger partial charge on any atom is 0.387 e. The number of anilines is 1. The first-order valence-corrected chi connectivity index (χ1v) is 10.0. The van der Waals surface area contributed by atoms with E-state index < -0.39 is 35.7 Å². The van der Waals surface area contributed by atoms with Crippen LogP contribution in [0.3, 0.4) is 0 Å². The lowest BCUT2D eigenvalue weighted by molar-refractivity contribution is -0.125. The zero-order chi connectivity index (χ0) is 22.6. The standard InChI is InChI=1S/C20H22ClF2N3O5/c1-19(2)9-30-15-8-24-26(16(15)19)20(6-12(27)13(28)7-20)17(29)25-11-4-3-10(21)5-14(11)31-18(22)23/h3-5,8,12-13,18,27-28H,6-7,9H2,1-2H3,(H,25,29). The fraction of sp³-hybridized carbons (Fsp3) is 0.500.